The van der Waals surface area contributed by atoms with E-state index in [0.717, 1.165) is 55.9 Å². The van der Waals surface area contributed by atoms with Crippen LogP contribution in [0.4, 0.5) is 0 Å². The van der Waals surface area contributed by atoms with Crippen LogP contribution in [0.25, 0.3) is 62.0 Å². The number of benzene rings is 5. The second kappa shape index (κ2) is 13.6. The Kier molecular flexibility index (Phi) is 8.45. The first-order valence-corrected chi connectivity index (χ1v) is 16.7. The SMILES string of the molecule is ClC1=CC(c2ccc(-c3cc(-c4ccccc4)cc(-c4ccccc4)n3)cc2)CC(c2nc(-c3ccccc3)nc(-c3ccccc3)n2)=C1. The molecule has 1 atom stereocenters. The maximum Gasteiger partial charge on any atom is 0.164 e. The summed E-state index contributed by atoms with van der Waals surface area (Å²) in [5.74, 6) is 1.96. The highest BCUT2D eigenvalue weighted by molar-refractivity contribution is 6.31. The van der Waals surface area contributed by atoms with Crippen molar-refractivity contribution >= 4 is 17.2 Å². The van der Waals surface area contributed by atoms with Gasteiger partial charge in [-0.1, -0.05) is 163 Å². The number of pyridine rings is 1. The van der Waals surface area contributed by atoms with Gasteiger partial charge < -0.3 is 0 Å². The molecule has 0 aliphatic heterocycles. The van der Waals surface area contributed by atoms with Crippen LogP contribution in [0.15, 0.2) is 175 Å². The third-order valence-corrected chi connectivity index (χ3v) is 8.97. The number of halogens is 1. The standard InChI is InChI=1S/C44H31ClN4/c45-39-26-36(25-38(27-39)44-48-42(34-17-9-3-10-18-34)47-43(49-44)35-19-11-4-12-20-35)31-21-23-33(24-22-31)41-29-37(30-13-5-1-6-14-30)28-40(46-41)32-15-7-2-8-16-32/h1-24,26-29,36H,25H2. The first-order chi connectivity index (χ1) is 24.2. The van der Waals surface area contributed by atoms with Gasteiger partial charge in [-0.2, -0.15) is 0 Å². The minimum Gasteiger partial charge on any atom is -0.248 e. The number of allylic oxidation sites excluding steroid dienone is 4. The van der Waals surface area contributed by atoms with Crippen LogP contribution >= 0.6 is 11.6 Å². The smallest absolute Gasteiger partial charge is 0.164 e. The number of hydrogen-bond acceptors (Lipinski definition) is 4. The molecular weight excluding hydrogens is 620 g/mol. The molecule has 1 aliphatic rings. The molecule has 0 amide bonds. The van der Waals surface area contributed by atoms with Crippen molar-refractivity contribution in [3.8, 4) is 56.4 Å². The molecule has 1 aliphatic carbocycles. The Bertz CT molecular complexity index is 2170. The molecule has 7 aromatic rings. The summed E-state index contributed by atoms with van der Waals surface area (Å²) in [7, 11) is 0. The summed E-state index contributed by atoms with van der Waals surface area (Å²) in [5, 5.41) is 0.669. The highest BCUT2D eigenvalue weighted by Gasteiger charge is 2.22. The van der Waals surface area contributed by atoms with Crippen LogP contribution in [0, 0.1) is 0 Å². The lowest BCUT2D eigenvalue weighted by Gasteiger charge is -2.21. The summed E-state index contributed by atoms with van der Waals surface area (Å²) >= 11 is 6.80. The molecule has 2 heterocycles. The number of nitrogens with zero attached hydrogens (tertiary/aromatic N) is 4. The predicted octanol–water partition coefficient (Wildman–Crippen LogP) is 11.3. The van der Waals surface area contributed by atoms with Crippen molar-refractivity contribution in [2.45, 2.75) is 12.3 Å². The fourth-order valence-corrected chi connectivity index (χ4v) is 6.50. The van der Waals surface area contributed by atoms with Gasteiger partial charge >= 0.3 is 0 Å². The third kappa shape index (κ3) is 6.73. The van der Waals surface area contributed by atoms with Gasteiger partial charge in [-0.3, -0.25) is 0 Å². The minimum atomic E-state index is 0.0576. The molecule has 0 spiro atoms. The van der Waals surface area contributed by atoms with Crippen LogP contribution in [0.5, 0.6) is 0 Å². The maximum atomic E-state index is 6.80. The molecule has 5 heteroatoms. The van der Waals surface area contributed by atoms with Gasteiger partial charge in [0.1, 0.15) is 0 Å². The minimum absolute atomic E-state index is 0.0576. The lowest BCUT2D eigenvalue weighted by atomic mass is 9.87. The Morgan fingerprint density at radius 3 is 1.41 bits per heavy atom. The summed E-state index contributed by atoms with van der Waals surface area (Å²) in [5.41, 5.74) is 10.3. The third-order valence-electron chi connectivity index (χ3n) is 8.74. The van der Waals surface area contributed by atoms with E-state index in [2.05, 4.69) is 78.9 Å². The highest BCUT2D eigenvalue weighted by atomic mass is 35.5. The summed E-state index contributed by atoms with van der Waals surface area (Å²) in [6.07, 6.45) is 4.80. The van der Waals surface area contributed by atoms with Crippen molar-refractivity contribution in [1.82, 2.24) is 19.9 Å². The molecule has 0 N–H and O–H groups in total. The molecule has 0 radical (unpaired) electrons. The van der Waals surface area contributed by atoms with Crippen molar-refractivity contribution in [3.05, 3.63) is 186 Å². The van der Waals surface area contributed by atoms with Gasteiger partial charge in [0.05, 0.1) is 11.4 Å². The Labute approximate surface area is 291 Å². The van der Waals surface area contributed by atoms with Crippen LogP contribution in [-0.2, 0) is 0 Å². The lowest BCUT2D eigenvalue weighted by Crippen LogP contribution is -2.08. The average molecular weight is 651 g/mol. The monoisotopic (exact) mass is 650 g/mol. The zero-order chi connectivity index (χ0) is 33.0. The first-order valence-electron chi connectivity index (χ1n) is 16.3. The highest BCUT2D eigenvalue weighted by Crippen LogP contribution is 2.38. The van der Waals surface area contributed by atoms with E-state index in [1.165, 1.54) is 0 Å². The molecule has 234 valence electrons. The molecule has 4 nitrogen and oxygen atoms in total. The summed E-state index contributed by atoms with van der Waals surface area (Å²) in [6.45, 7) is 0. The van der Waals surface area contributed by atoms with E-state index in [-0.39, 0.29) is 5.92 Å². The Morgan fingerprint density at radius 2 is 0.878 bits per heavy atom. The topological polar surface area (TPSA) is 51.6 Å². The Balaban J connectivity index is 1.12. The molecule has 2 aromatic heterocycles. The van der Waals surface area contributed by atoms with Gasteiger partial charge in [0, 0.05) is 33.2 Å². The van der Waals surface area contributed by atoms with E-state index in [9.17, 15) is 0 Å². The lowest BCUT2D eigenvalue weighted by molar-refractivity contribution is 0.851. The number of aromatic nitrogens is 4. The summed E-state index contributed by atoms with van der Waals surface area (Å²) < 4.78 is 0. The fourth-order valence-electron chi connectivity index (χ4n) is 6.22. The quantitative estimate of drug-likeness (QED) is 0.172. The first kappa shape index (κ1) is 30.4. The molecule has 1 unspecified atom stereocenters. The van der Waals surface area contributed by atoms with E-state index >= 15 is 0 Å². The maximum absolute atomic E-state index is 6.80. The zero-order valence-corrected chi connectivity index (χ0v) is 27.4. The van der Waals surface area contributed by atoms with Crippen LogP contribution in [0.2, 0.25) is 0 Å². The van der Waals surface area contributed by atoms with Gasteiger partial charge in [-0.25, -0.2) is 19.9 Å². The van der Waals surface area contributed by atoms with E-state index in [1.807, 2.05) is 91.0 Å². The van der Waals surface area contributed by atoms with Gasteiger partial charge in [0.25, 0.3) is 0 Å². The van der Waals surface area contributed by atoms with Gasteiger partial charge in [0.15, 0.2) is 17.5 Å². The second-order valence-electron chi connectivity index (χ2n) is 12.1. The average Bonchev–Trinajstić information content (AvgIpc) is 3.19. The van der Waals surface area contributed by atoms with E-state index in [0.29, 0.717) is 28.9 Å². The van der Waals surface area contributed by atoms with Crippen LogP contribution in [0.3, 0.4) is 0 Å². The molecule has 0 bridgehead atoms. The number of rotatable bonds is 7. The normalized spacial score (nSPS) is 14.2. The molecule has 0 saturated carbocycles. The fraction of sp³-hybridized carbons (Fsp3) is 0.0455. The van der Waals surface area contributed by atoms with Crippen LogP contribution in [-0.4, -0.2) is 19.9 Å². The van der Waals surface area contributed by atoms with E-state index < -0.39 is 0 Å². The molecule has 49 heavy (non-hydrogen) atoms. The van der Waals surface area contributed by atoms with Crippen LogP contribution < -0.4 is 0 Å². The predicted molar refractivity (Wildman–Crippen MR) is 201 cm³/mol. The molecular formula is C44H31ClN4. The molecule has 5 aromatic carbocycles. The van der Waals surface area contributed by atoms with E-state index in [1.54, 1.807) is 0 Å². The molecule has 0 fully saturated rings. The summed E-state index contributed by atoms with van der Waals surface area (Å²) in [6, 6.07) is 53.9. The van der Waals surface area contributed by atoms with E-state index in [4.69, 9.17) is 31.5 Å². The molecule has 0 saturated heterocycles. The van der Waals surface area contributed by atoms with Crippen molar-refractivity contribution < 1.29 is 0 Å². The largest absolute Gasteiger partial charge is 0.248 e. The van der Waals surface area contributed by atoms with Gasteiger partial charge in [-0.05, 0) is 46.9 Å². The number of hydrogen-bond donors (Lipinski definition) is 0. The summed E-state index contributed by atoms with van der Waals surface area (Å²) in [4.78, 5) is 19.9. The van der Waals surface area contributed by atoms with Crippen molar-refractivity contribution in [2.75, 3.05) is 0 Å². The van der Waals surface area contributed by atoms with Gasteiger partial charge in [-0.15, -0.1) is 0 Å². The molecule has 8 rings (SSSR count). The van der Waals surface area contributed by atoms with Crippen LogP contribution in [0.1, 0.15) is 23.7 Å². The van der Waals surface area contributed by atoms with Crippen molar-refractivity contribution in [2.24, 2.45) is 0 Å². The van der Waals surface area contributed by atoms with Crippen molar-refractivity contribution in [3.63, 3.8) is 0 Å². The second-order valence-corrected chi connectivity index (χ2v) is 12.5. The van der Waals surface area contributed by atoms with Crippen molar-refractivity contribution in [1.29, 1.82) is 0 Å². The Hall–Kier alpha value is -5.97. The Morgan fingerprint density at radius 1 is 0.429 bits per heavy atom. The van der Waals surface area contributed by atoms with Gasteiger partial charge in [0.2, 0.25) is 0 Å². The zero-order valence-electron chi connectivity index (χ0n) is 26.6.